The molecule has 1 N–H and O–H groups in total. The van der Waals surface area contributed by atoms with Gasteiger partial charge in [-0.05, 0) is 30.3 Å². The second kappa shape index (κ2) is 8.59. The summed E-state index contributed by atoms with van der Waals surface area (Å²) in [4.78, 5) is 12.2. The van der Waals surface area contributed by atoms with Gasteiger partial charge in [0.15, 0.2) is 6.61 Å². The van der Waals surface area contributed by atoms with Gasteiger partial charge in [0.05, 0.1) is 10.5 Å². The van der Waals surface area contributed by atoms with Crippen LogP contribution in [0.25, 0.3) is 11.5 Å². The van der Waals surface area contributed by atoms with Crippen LogP contribution in [0.5, 0.6) is 0 Å². The van der Waals surface area contributed by atoms with Crippen molar-refractivity contribution in [3.8, 4) is 11.5 Å². The van der Waals surface area contributed by atoms with E-state index in [0.717, 1.165) is 5.56 Å². The zero-order chi connectivity index (χ0) is 20.0. The van der Waals surface area contributed by atoms with Crippen LogP contribution in [0.4, 0.5) is 0 Å². The van der Waals surface area contributed by atoms with Gasteiger partial charge in [0, 0.05) is 12.1 Å². The Morgan fingerprint density at radius 3 is 2.68 bits per heavy atom. The number of nitrogens with one attached hydrogen (secondary N) is 1. The lowest BCUT2D eigenvalue weighted by Crippen LogP contribution is -2.23. The first-order valence-corrected chi connectivity index (χ1v) is 9.73. The summed E-state index contributed by atoms with van der Waals surface area (Å²) in [6, 6.07) is 14.7. The Morgan fingerprint density at radius 2 is 1.93 bits per heavy atom. The molecular formula is C19H17N3O5S. The van der Waals surface area contributed by atoms with Crippen molar-refractivity contribution in [1.82, 2.24) is 14.9 Å². The van der Waals surface area contributed by atoms with E-state index in [0.29, 0.717) is 5.89 Å². The zero-order valence-electron chi connectivity index (χ0n) is 14.7. The molecule has 0 aliphatic rings. The standard InChI is InChI=1S/C19H17N3O5S/c1-2-11-20-28(24,25)16-10-6-9-15(12-16)19(23)26-13-17-21-22-18(27-17)14-7-4-3-5-8-14/h2-10,12,20H,1,11,13H2. The van der Waals surface area contributed by atoms with Gasteiger partial charge >= 0.3 is 5.97 Å². The number of ether oxygens (including phenoxy) is 1. The summed E-state index contributed by atoms with van der Waals surface area (Å²) in [5.41, 5.74) is 0.835. The SMILES string of the molecule is C=CCNS(=O)(=O)c1cccc(C(=O)OCc2nnc(-c3ccccc3)o2)c1. The molecule has 2 aromatic carbocycles. The monoisotopic (exact) mass is 399 g/mol. The molecule has 3 aromatic rings. The van der Waals surface area contributed by atoms with Crippen LogP contribution >= 0.6 is 0 Å². The maximum absolute atomic E-state index is 12.2. The number of sulfonamides is 1. The number of carbonyl (C=O) groups excluding carboxylic acids is 1. The molecular weight excluding hydrogens is 382 g/mol. The largest absolute Gasteiger partial charge is 0.452 e. The highest BCUT2D eigenvalue weighted by atomic mass is 32.2. The molecule has 8 nitrogen and oxygen atoms in total. The van der Waals surface area contributed by atoms with E-state index in [4.69, 9.17) is 9.15 Å². The van der Waals surface area contributed by atoms with Gasteiger partial charge in [-0.3, -0.25) is 0 Å². The Labute approximate surface area is 161 Å². The summed E-state index contributed by atoms with van der Waals surface area (Å²) in [7, 11) is -3.74. The van der Waals surface area contributed by atoms with Crippen LogP contribution in [0, 0.1) is 0 Å². The summed E-state index contributed by atoms with van der Waals surface area (Å²) in [6.45, 7) is 3.31. The Balaban J connectivity index is 1.67. The van der Waals surface area contributed by atoms with Gasteiger partial charge in [0.25, 0.3) is 5.89 Å². The van der Waals surface area contributed by atoms with Crippen molar-refractivity contribution < 1.29 is 22.4 Å². The molecule has 0 bridgehead atoms. The summed E-state index contributed by atoms with van der Waals surface area (Å²) in [5.74, 6) is -0.267. The van der Waals surface area contributed by atoms with Gasteiger partial charge in [-0.2, -0.15) is 0 Å². The van der Waals surface area contributed by atoms with E-state index in [1.54, 1.807) is 0 Å². The predicted molar refractivity (Wildman–Crippen MR) is 101 cm³/mol. The molecule has 0 amide bonds. The van der Waals surface area contributed by atoms with Gasteiger partial charge in [-0.15, -0.1) is 16.8 Å². The Kier molecular flexibility index (Phi) is 5.97. The molecule has 0 radical (unpaired) electrons. The lowest BCUT2D eigenvalue weighted by atomic mass is 10.2. The van der Waals surface area contributed by atoms with E-state index in [-0.39, 0.29) is 29.5 Å². The van der Waals surface area contributed by atoms with Crippen molar-refractivity contribution in [3.05, 3.63) is 78.7 Å². The minimum absolute atomic E-state index is 0.0482. The van der Waals surface area contributed by atoms with Gasteiger partial charge in [-0.25, -0.2) is 17.9 Å². The normalized spacial score (nSPS) is 11.1. The second-order valence-corrected chi connectivity index (χ2v) is 7.38. The van der Waals surface area contributed by atoms with Gasteiger partial charge < -0.3 is 9.15 Å². The first-order valence-electron chi connectivity index (χ1n) is 8.25. The van der Waals surface area contributed by atoms with E-state index in [1.165, 1.54) is 30.3 Å². The number of nitrogens with zero attached hydrogens (tertiary/aromatic N) is 2. The van der Waals surface area contributed by atoms with Crippen molar-refractivity contribution in [2.45, 2.75) is 11.5 Å². The number of rotatable bonds is 8. The molecule has 0 atom stereocenters. The van der Waals surface area contributed by atoms with Crippen molar-refractivity contribution in [2.75, 3.05) is 6.54 Å². The van der Waals surface area contributed by atoms with Gasteiger partial charge in [0.2, 0.25) is 15.9 Å². The van der Waals surface area contributed by atoms with Gasteiger partial charge in [-0.1, -0.05) is 30.3 Å². The van der Waals surface area contributed by atoms with E-state index in [9.17, 15) is 13.2 Å². The Bertz CT molecular complexity index is 1080. The highest BCUT2D eigenvalue weighted by Gasteiger charge is 2.17. The Hall–Kier alpha value is -3.30. The first-order chi connectivity index (χ1) is 13.5. The summed E-state index contributed by atoms with van der Waals surface area (Å²) >= 11 is 0. The van der Waals surface area contributed by atoms with E-state index in [2.05, 4.69) is 21.5 Å². The number of hydrogen-bond acceptors (Lipinski definition) is 7. The maximum atomic E-state index is 12.2. The van der Waals surface area contributed by atoms with E-state index >= 15 is 0 Å². The summed E-state index contributed by atoms with van der Waals surface area (Å²) in [5, 5.41) is 7.75. The first kappa shape index (κ1) is 19.5. The lowest BCUT2D eigenvalue weighted by Gasteiger charge is -2.07. The van der Waals surface area contributed by atoms with Crippen molar-refractivity contribution >= 4 is 16.0 Å². The number of aromatic nitrogens is 2. The third kappa shape index (κ3) is 4.70. The summed E-state index contributed by atoms with van der Waals surface area (Å²) in [6.07, 6.45) is 1.42. The van der Waals surface area contributed by atoms with Crippen LogP contribution in [-0.4, -0.2) is 31.1 Å². The third-order valence-corrected chi connectivity index (χ3v) is 5.03. The Morgan fingerprint density at radius 1 is 1.14 bits per heavy atom. The molecule has 0 unspecified atom stereocenters. The molecule has 0 fully saturated rings. The minimum atomic E-state index is -3.74. The molecule has 28 heavy (non-hydrogen) atoms. The fraction of sp³-hybridized carbons (Fsp3) is 0.105. The molecule has 0 aliphatic carbocycles. The highest BCUT2D eigenvalue weighted by molar-refractivity contribution is 7.89. The smallest absolute Gasteiger partial charge is 0.338 e. The average molecular weight is 399 g/mol. The molecule has 1 aromatic heterocycles. The van der Waals surface area contributed by atoms with E-state index in [1.807, 2.05) is 30.3 Å². The molecule has 3 rings (SSSR count). The molecule has 0 saturated carbocycles. The predicted octanol–water partition coefficient (Wildman–Crippen LogP) is 2.56. The topological polar surface area (TPSA) is 111 Å². The van der Waals surface area contributed by atoms with Crippen molar-refractivity contribution in [2.24, 2.45) is 0 Å². The van der Waals surface area contributed by atoms with Crippen LogP contribution < -0.4 is 4.72 Å². The minimum Gasteiger partial charge on any atom is -0.452 e. The van der Waals surface area contributed by atoms with Crippen LogP contribution in [0.3, 0.4) is 0 Å². The number of carbonyl (C=O) groups is 1. The molecule has 0 saturated heterocycles. The average Bonchev–Trinajstić information content (AvgIpc) is 3.20. The molecule has 9 heteroatoms. The van der Waals surface area contributed by atoms with Gasteiger partial charge in [0.1, 0.15) is 0 Å². The van der Waals surface area contributed by atoms with Crippen LogP contribution in [0.2, 0.25) is 0 Å². The van der Waals surface area contributed by atoms with Crippen molar-refractivity contribution in [1.29, 1.82) is 0 Å². The number of hydrogen-bond donors (Lipinski definition) is 1. The fourth-order valence-corrected chi connectivity index (χ4v) is 3.31. The van der Waals surface area contributed by atoms with Crippen LogP contribution in [0.1, 0.15) is 16.2 Å². The van der Waals surface area contributed by atoms with Crippen molar-refractivity contribution in [3.63, 3.8) is 0 Å². The fourth-order valence-electron chi connectivity index (χ4n) is 2.26. The lowest BCUT2D eigenvalue weighted by molar-refractivity contribution is 0.0438. The quantitative estimate of drug-likeness (QED) is 0.458. The van der Waals surface area contributed by atoms with Crippen LogP contribution in [-0.2, 0) is 21.4 Å². The third-order valence-electron chi connectivity index (χ3n) is 3.61. The molecule has 0 aliphatic heterocycles. The number of esters is 1. The second-order valence-electron chi connectivity index (χ2n) is 5.61. The summed E-state index contributed by atoms with van der Waals surface area (Å²) < 4.78 is 37.2. The van der Waals surface area contributed by atoms with Crippen LogP contribution in [0.15, 0.2) is 76.6 Å². The maximum Gasteiger partial charge on any atom is 0.338 e. The zero-order valence-corrected chi connectivity index (χ0v) is 15.6. The molecule has 144 valence electrons. The number of benzene rings is 2. The highest BCUT2D eigenvalue weighted by Crippen LogP contribution is 2.18. The molecule has 1 heterocycles. The van der Waals surface area contributed by atoms with E-state index < -0.39 is 16.0 Å². The molecule has 0 spiro atoms.